The minimum atomic E-state index is -4.05. The van der Waals surface area contributed by atoms with E-state index in [9.17, 15) is 18.3 Å². The second kappa shape index (κ2) is 9.67. The number of carboxylic acids is 1. The van der Waals surface area contributed by atoms with Gasteiger partial charge in [-0.2, -0.15) is 4.72 Å². The number of hydrogen-bond donors (Lipinski definition) is 3. The van der Waals surface area contributed by atoms with E-state index < -0.39 is 27.4 Å². The van der Waals surface area contributed by atoms with Crippen LogP contribution in [0.3, 0.4) is 0 Å². The highest BCUT2D eigenvalue weighted by Crippen LogP contribution is 2.52. The molecule has 1 aliphatic rings. The summed E-state index contributed by atoms with van der Waals surface area (Å²) in [6, 6.07) is 21.6. The zero-order valence-corrected chi connectivity index (χ0v) is 21.3. The molecule has 2 heterocycles. The number of aromatic nitrogens is 1. The smallest absolute Gasteiger partial charge is 0.325 e. The number of nitrogens with one attached hydrogen (secondary N) is 2. The second-order valence-corrected chi connectivity index (χ2v) is 12.0. The lowest BCUT2D eigenvalue weighted by Gasteiger charge is -2.15. The molecule has 0 aliphatic heterocycles. The van der Waals surface area contributed by atoms with E-state index >= 15 is 0 Å². The molecule has 36 heavy (non-hydrogen) atoms. The molecule has 0 unspecified atom stereocenters. The maximum Gasteiger partial charge on any atom is 0.325 e. The number of benzene rings is 2. The van der Waals surface area contributed by atoms with Crippen LogP contribution in [-0.2, 0) is 21.4 Å². The van der Waals surface area contributed by atoms with Crippen LogP contribution in [0.5, 0.6) is 0 Å². The van der Waals surface area contributed by atoms with Crippen molar-refractivity contribution in [3.8, 4) is 10.4 Å². The van der Waals surface area contributed by atoms with E-state index in [0.717, 1.165) is 38.6 Å². The standard InChI is InChI=1S/C26H22ClN3O4S2/c27-20-8-6-18(7-9-20)23-10-11-24(35-23)36(33,34)30-26(25(31)32)14-22(26)19-4-1-3-17(13-19)15-29-21-5-2-12-28-16-21/h1-13,16,22,29-30H,14-15H2,(H,31,32)/t22-,26+/m0/s1. The fourth-order valence-electron chi connectivity index (χ4n) is 4.17. The van der Waals surface area contributed by atoms with Crippen LogP contribution in [0.25, 0.3) is 10.4 Å². The molecule has 1 fully saturated rings. The third-order valence-electron chi connectivity index (χ3n) is 6.15. The quantitative estimate of drug-likeness (QED) is 0.264. The highest BCUT2D eigenvalue weighted by atomic mass is 35.5. The Balaban J connectivity index is 1.33. The average molecular weight is 540 g/mol. The van der Waals surface area contributed by atoms with Crippen LogP contribution in [0.4, 0.5) is 5.69 Å². The van der Waals surface area contributed by atoms with Gasteiger partial charge in [-0.15, -0.1) is 11.3 Å². The number of carbonyl (C=O) groups is 1. The molecule has 1 saturated carbocycles. The van der Waals surface area contributed by atoms with Gasteiger partial charge in [0.05, 0.1) is 5.69 Å². The van der Waals surface area contributed by atoms with Gasteiger partial charge < -0.3 is 10.4 Å². The van der Waals surface area contributed by atoms with Crippen molar-refractivity contribution in [3.63, 3.8) is 0 Å². The summed E-state index contributed by atoms with van der Waals surface area (Å²) in [7, 11) is -4.05. The molecule has 10 heteroatoms. The highest BCUT2D eigenvalue weighted by molar-refractivity contribution is 7.91. The third-order valence-corrected chi connectivity index (χ3v) is 9.53. The van der Waals surface area contributed by atoms with Crippen molar-refractivity contribution < 1.29 is 18.3 Å². The van der Waals surface area contributed by atoms with Gasteiger partial charge in [-0.05, 0) is 59.5 Å². The van der Waals surface area contributed by atoms with Crippen molar-refractivity contribution in [2.24, 2.45) is 0 Å². The summed E-state index contributed by atoms with van der Waals surface area (Å²) in [4.78, 5) is 17.1. The van der Waals surface area contributed by atoms with Gasteiger partial charge >= 0.3 is 5.97 Å². The van der Waals surface area contributed by atoms with Crippen LogP contribution in [-0.4, -0.2) is 30.0 Å². The second-order valence-electron chi connectivity index (χ2n) is 8.60. The van der Waals surface area contributed by atoms with Crippen molar-refractivity contribution in [1.29, 1.82) is 0 Å². The van der Waals surface area contributed by atoms with Crippen LogP contribution in [0, 0.1) is 0 Å². The Morgan fingerprint density at radius 1 is 1.11 bits per heavy atom. The predicted octanol–water partition coefficient (Wildman–Crippen LogP) is 5.36. The van der Waals surface area contributed by atoms with Gasteiger partial charge in [0.15, 0.2) is 0 Å². The van der Waals surface area contributed by atoms with E-state index in [4.69, 9.17) is 11.6 Å². The maximum absolute atomic E-state index is 13.2. The molecule has 4 aromatic rings. The summed E-state index contributed by atoms with van der Waals surface area (Å²) >= 11 is 7.02. The molecule has 0 radical (unpaired) electrons. The van der Waals surface area contributed by atoms with E-state index in [0.29, 0.717) is 11.6 Å². The van der Waals surface area contributed by atoms with Gasteiger partial charge in [0, 0.05) is 34.8 Å². The Kier molecular flexibility index (Phi) is 6.57. The Labute approximate surface area is 217 Å². The van der Waals surface area contributed by atoms with Gasteiger partial charge in [0.2, 0.25) is 0 Å². The third kappa shape index (κ3) is 5.01. The summed E-state index contributed by atoms with van der Waals surface area (Å²) < 4.78 is 28.9. The van der Waals surface area contributed by atoms with E-state index in [1.54, 1.807) is 30.6 Å². The number of hydrogen-bond acceptors (Lipinski definition) is 6. The van der Waals surface area contributed by atoms with E-state index in [1.807, 2.05) is 48.5 Å². The van der Waals surface area contributed by atoms with Crippen molar-refractivity contribution in [3.05, 3.63) is 101 Å². The molecule has 2 aromatic heterocycles. The summed E-state index contributed by atoms with van der Waals surface area (Å²) in [6.07, 6.45) is 3.59. The normalized spacial score (nSPS) is 19.1. The minimum absolute atomic E-state index is 0.0631. The van der Waals surface area contributed by atoms with Crippen molar-refractivity contribution in [2.45, 2.75) is 28.6 Å². The van der Waals surface area contributed by atoms with Gasteiger partial charge in [0.1, 0.15) is 9.75 Å². The molecule has 7 nitrogen and oxygen atoms in total. The van der Waals surface area contributed by atoms with Crippen molar-refractivity contribution >= 4 is 44.6 Å². The van der Waals surface area contributed by atoms with Crippen molar-refractivity contribution in [1.82, 2.24) is 9.71 Å². The molecule has 1 aliphatic carbocycles. The van der Waals surface area contributed by atoms with E-state index in [1.165, 1.54) is 6.07 Å². The zero-order chi connectivity index (χ0) is 25.3. The maximum atomic E-state index is 13.2. The lowest BCUT2D eigenvalue weighted by molar-refractivity contribution is -0.140. The summed E-state index contributed by atoms with van der Waals surface area (Å²) in [5, 5.41) is 13.9. The van der Waals surface area contributed by atoms with Crippen LogP contribution < -0.4 is 10.0 Å². The zero-order valence-electron chi connectivity index (χ0n) is 18.9. The number of halogens is 1. The van der Waals surface area contributed by atoms with Crippen LogP contribution >= 0.6 is 22.9 Å². The number of sulfonamides is 1. The summed E-state index contributed by atoms with van der Waals surface area (Å²) in [6.45, 7) is 0.528. The highest BCUT2D eigenvalue weighted by Gasteiger charge is 2.63. The molecule has 184 valence electrons. The topological polar surface area (TPSA) is 108 Å². The number of carboxylic acid groups (broad SMARTS) is 1. The first-order chi connectivity index (χ1) is 17.3. The summed E-state index contributed by atoms with van der Waals surface area (Å²) in [5.41, 5.74) is 1.85. The SMILES string of the molecule is O=C(O)[C@@]1(NS(=O)(=O)c2ccc(-c3ccc(Cl)cc3)s2)C[C@H]1c1cccc(CNc2cccnc2)c1. The molecular weight excluding hydrogens is 518 g/mol. The Bertz CT molecular complexity index is 1510. The summed E-state index contributed by atoms with van der Waals surface area (Å²) in [5.74, 6) is -1.66. The van der Waals surface area contributed by atoms with Crippen molar-refractivity contribution in [2.75, 3.05) is 5.32 Å². The molecule has 0 amide bonds. The van der Waals surface area contributed by atoms with Gasteiger partial charge in [0.25, 0.3) is 10.0 Å². The fraction of sp³-hybridized carbons (Fsp3) is 0.154. The monoisotopic (exact) mass is 539 g/mol. The van der Waals surface area contributed by atoms with Crippen LogP contribution in [0.1, 0.15) is 23.5 Å². The molecule has 2 aromatic carbocycles. The Morgan fingerprint density at radius 2 is 1.92 bits per heavy atom. The first-order valence-corrected chi connectivity index (χ1v) is 13.8. The van der Waals surface area contributed by atoms with Crippen LogP contribution in [0.15, 0.2) is 89.4 Å². The first kappa shape index (κ1) is 24.5. The van der Waals surface area contributed by atoms with Gasteiger partial charge in [-0.3, -0.25) is 9.78 Å². The van der Waals surface area contributed by atoms with Gasteiger partial charge in [-0.1, -0.05) is 48.0 Å². The fourth-order valence-corrected chi connectivity index (χ4v) is 7.02. The first-order valence-electron chi connectivity index (χ1n) is 11.1. The molecule has 0 bridgehead atoms. The largest absolute Gasteiger partial charge is 0.480 e. The van der Waals surface area contributed by atoms with E-state index in [-0.39, 0.29) is 10.6 Å². The van der Waals surface area contributed by atoms with E-state index in [2.05, 4.69) is 15.0 Å². The minimum Gasteiger partial charge on any atom is -0.480 e. The number of thiophene rings is 1. The lowest BCUT2D eigenvalue weighted by Crippen LogP contribution is -2.44. The lowest BCUT2D eigenvalue weighted by atomic mass is 10.0. The molecule has 0 spiro atoms. The molecular formula is C26H22ClN3O4S2. The molecule has 2 atom stereocenters. The Hall–Kier alpha value is -3.24. The Morgan fingerprint density at radius 3 is 2.64 bits per heavy atom. The average Bonchev–Trinajstić information content (AvgIpc) is 3.37. The van der Waals surface area contributed by atoms with Crippen LogP contribution in [0.2, 0.25) is 5.02 Å². The number of aliphatic carboxylic acids is 1. The molecule has 3 N–H and O–H groups in total. The number of nitrogens with zero attached hydrogens (tertiary/aromatic N) is 1. The number of pyridine rings is 1. The number of anilines is 1. The number of rotatable bonds is 9. The van der Waals surface area contributed by atoms with Gasteiger partial charge in [-0.25, -0.2) is 8.42 Å². The molecule has 0 saturated heterocycles. The molecule has 5 rings (SSSR count). The predicted molar refractivity (Wildman–Crippen MR) is 141 cm³/mol.